The highest BCUT2D eigenvalue weighted by molar-refractivity contribution is 6.15. The molecule has 0 saturated carbocycles. The van der Waals surface area contributed by atoms with E-state index >= 15 is 0 Å². The van der Waals surface area contributed by atoms with E-state index in [0.717, 1.165) is 0 Å². The van der Waals surface area contributed by atoms with Crippen molar-refractivity contribution in [3.63, 3.8) is 0 Å². The van der Waals surface area contributed by atoms with E-state index in [9.17, 15) is 9.59 Å². The van der Waals surface area contributed by atoms with Crippen LogP contribution in [-0.4, -0.2) is 18.8 Å². The Hall–Kier alpha value is -2.66. The predicted octanol–water partition coefficient (Wildman–Crippen LogP) is 1.53. The van der Waals surface area contributed by atoms with Gasteiger partial charge in [-0.2, -0.15) is 0 Å². The molecule has 0 aliphatic heterocycles. The number of ketones is 1. The molecule has 0 bridgehead atoms. The molecule has 0 unspecified atom stereocenters. The maximum absolute atomic E-state index is 12.4. The molecule has 0 aromatic heterocycles. The van der Waals surface area contributed by atoms with Gasteiger partial charge in [-0.1, -0.05) is 18.2 Å². The number of rotatable bonds is 4. The molecule has 1 amide bonds. The van der Waals surface area contributed by atoms with Crippen molar-refractivity contribution in [1.29, 1.82) is 0 Å². The highest BCUT2D eigenvalue weighted by Gasteiger charge is 2.17. The number of amides is 1. The summed E-state index contributed by atoms with van der Waals surface area (Å²) in [7, 11) is 1.55. The summed E-state index contributed by atoms with van der Waals surface area (Å²) in [5, 5.41) is 0. The SMILES string of the molecule is COc1ccc(C(=O)c2ccccc2C(=O)NN)cc1. The minimum absolute atomic E-state index is 0.244. The Labute approximate surface area is 116 Å². The Kier molecular flexibility index (Phi) is 4.12. The first-order valence-corrected chi connectivity index (χ1v) is 5.96. The van der Waals surface area contributed by atoms with Crippen molar-refractivity contribution >= 4 is 11.7 Å². The third kappa shape index (κ3) is 2.67. The molecular weight excluding hydrogens is 256 g/mol. The molecule has 0 aliphatic carbocycles. The van der Waals surface area contributed by atoms with Crippen LogP contribution >= 0.6 is 0 Å². The van der Waals surface area contributed by atoms with E-state index in [4.69, 9.17) is 10.6 Å². The molecule has 20 heavy (non-hydrogen) atoms. The van der Waals surface area contributed by atoms with Crippen LogP contribution in [0.15, 0.2) is 48.5 Å². The zero-order chi connectivity index (χ0) is 14.5. The molecule has 3 N–H and O–H groups in total. The van der Waals surface area contributed by atoms with E-state index in [1.165, 1.54) is 0 Å². The molecule has 0 radical (unpaired) electrons. The monoisotopic (exact) mass is 270 g/mol. The predicted molar refractivity (Wildman–Crippen MR) is 74.5 cm³/mol. The fraction of sp³-hybridized carbons (Fsp3) is 0.0667. The number of nitrogens with two attached hydrogens (primary N) is 1. The topological polar surface area (TPSA) is 81.4 Å². The molecular formula is C15H14N2O3. The maximum atomic E-state index is 12.4. The third-order valence-corrected chi connectivity index (χ3v) is 2.90. The Morgan fingerprint density at radius 3 is 2.15 bits per heavy atom. The zero-order valence-corrected chi connectivity index (χ0v) is 10.9. The standard InChI is InChI=1S/C15H14N2O3/c1-20-11-8-6-10(7-9-11)14(18)12-4-2-3-5-13(12)15(19)17-16/h2-9H,16H2,1H3,(H,17,19). The second-order valence-corrected chi connectivity index (χ2v) is 4.08. The summed E-state index contributed by atoms with van der Waals surface area (Å²) in [5.41, 5.74) is 3.06. The number of carbonyl (C=O) groups excluding carboxylic acids is 2. The molecule has 0 fully saturated rings. The Balaban J connectivity index is 2.40. The van der Waals surface area contributed by atoms with Crippen molar-refractivity contribution in [2.24, 2.45) is 5.84 Å². The van der Waals surface area contributed by atoms with Crippen LogP contribution in [0.1, 0.15) is 26.3 Å². The van der Waals surface area contributed by atoms with Gasteiger partial charge >= 0.3 is 0 Å². The van der Waals surface area contributed by atoms with Gasteiger partial charge < -0.3 is 4.74 Å². The molecule has 5 heteroatoms. The van der Waals surface area contributed by atoms with E-state index in [-0.39, 0.29) is 11.3 Å². The van der Waals surface area contributed by atoms with E-state index in [1.807, 2.05) is 5.43 Å². The number of ether oxygens (including phenoxy) is 1. The van der Waals surface area contributed by atoms with Crippen LogP contribution < -0.4 is 16.0 Å². The van der Waals surface area contributed by atoms with Gasteiger partial charge in [0.25, 0.3) is 5.91 Å². The quantitative estimate of drug-likeness (QED) is 0.382. The molecule has 0 aliphatic rings. The van der Waals surface area contributed by atoms with Crippen molar-refractivity contribution in [2.75, 3.05) is 7.11 Å². The maximum Gasteiger partial charge on any atom is 0.265 e. The number of nitrogens with one attached hydrogen (secondary N) is 1. The smallest absolute Gasteiger partial charge is 0.265 e. The normalized spacial score (nSPS) is 9.90. The molecule has 2 aromatic carbocycles. The zero-order valence-electron chi connectivity index (χ0n) is 10.9. The summed E-state index contributed by atoms with van der Waals surface area (Å²) in [6, 6.07) is 13.2. The lowest BCUT2D eigenvalue weighted by molar-refractivity contribution is 0.0942. The molecule has 0 saturated heterocycles. The molecule has 5 nitrogen and oxygen atoms in total. The van der Waals surface area contributed by atoms with Crippen LogP contribution in [0.3, 0.4) is 0 Å². The lowest BCUT2D eigenvalue weighted by atomic mass is 9.98. The first-order chi connectivity index (χ1) is 9.67. The Morgan fingerprint density at radius 2 is 1.60 bits per heavy atom. The first kappa shape index (κ1) is 13.8. The average Bonchev–Trinajstić information content (AvgIpc) is 2.53. The number of hydrogen-bond acceptors (Lipinski definition) is 4. The van der Waals surface area contributed by atoms with Gasteiger partial charge in [0, 0.05) is 11.1 Å². The Morgan fingerprint density at radius 1 is 1.00 bits per heavy atom. The lowest BCUT2D eigenvalue weighted by Gasteiger charge is -2.08. The van der Waals surface area contributed by atoms with E-state index in [1.54, 1.807) is 55.6 Å². The van der Waals surface area contributed by atoms with Gasteiger partial charge in [-0.05, 0) is 30.3 Å². The summed E-state index contributed by atoms with van der Waals surface area (Å²) in [4.78, 5) is 24.1. The number of hydrogen-bond donors (Lipinski definition) is 2. The van der Waals surface area contributed by atoms with E-state index in [2.05, 4.69) is 0 Å². The minimum Gasteiger partial charge on any atom is -0.497 e. The van der Waals surface area contributed by atoms with Crippen LogP contribution in [0.2, 0.25) is 0 Å². The number of carbonyl (C=O) groups is 2. The van der Waals surface area contributed by atoms with Crippen LogP contribution in [0.5, 0.6) is 5.75 Å². The summed E-state index contributed by atoms with van der Waals surface area (Å²) >= 11 is 0. The highest BCUT2D eigenvalue weighted by atomic mass is 16.5. The van der Waals surface area contributed by atoms with E-state index < -0.39 is 5.91 Å². The number of methoxy groups -OCH3 is 1. The van der Waals surface area contributed by atoms with Gasteiger partial charge in [0.2, 0.25) is 0 Å². The molecule has 0 atom stereocenters. The van der Waals surface area contributed by atoms with Gasteiger partial charge in [0.15, 0.2) is 5.78 Å². The fourth-order valence-electron chi connectivity index (χ4n) is 1.85. The van der Waals surface area contributed by atoms with Crippen molar-refractivity contribution < 1.29 is 14.3 Å². The fourth-order valence-corrected chi connectivity index (χ4v) is 1.85. The number of nitrogen functional groups attached to an aromatic ring is 1. The molecule has 2 rings (SSSR count). The molecule has 2 aromatic rings. The second-order valence-electron chi connectivity index (χ2n) is 4.08. The lowest BCUT2D eigenvalue weighted by Crippen LogP contribution is -2.31. The third-order valence-electron chi connectivity index (χ3n) is 2.90. The van der Waals surface area contributed by atoms with Gasteiger partial charge in [-0.25, -0.2) is 5.84 Å². The Bertz CT molecular complexity index is 636. The molecule has 0 spiro atoms. The average molecular weight is 270 g/mol. The summed E-state index contributed by atoms with van der Waals surface area (Å²) < 4.78 is 5.04. The van der Waals surface area contributed by atoms with Crippen molar-refractivity contribution in [2.45, 2.75) is 0 Å². The summed E-state index contributed by atoms with van der Waals surface area (Å²) in [5.74, 6) is 5.04. The van der Waals surface area contributed by atoms with Crippen molar-refractivity contribution in [3.8, 4) is 5.75 Å². The molecule has 102 valence electrons. The van der Waals surface area contributed by atoms with Crippen LogP contribution in [-0.2, 0) is 0 Å². The molecule has 0 heterocycles. The van der Waals surface area contributed by atoms with Gasteiger partial charge in [-0.15, -0.1) is 0 Å². The van der Waals surface area contributed by atoms with E-state index in [0.29, 0.717) is 16.9 Å². The van der Waals surface area contributed by atoms with Crippen molar-refractivity contribution in [3.05, 3.63) is 65.2 Å². The van der Waals surface area contributed by atoms with Gasteiger partial charge in [0.1, 0.15) is 5.75 Å². The largest absolute Gasteiger partial charge is 0.497 e. The highest BCUT2D eigenvalue weighted by Crippen LogP contribution is 2.17. The second kappa shape index (κ2) is 5.99. The van der Waals surface area contributed by atoms with Crippen LogP contribution in [0, 0.1) is 0 Å². The van der Waals surface area contributed by atoms with Crippen LogP contribution in [0.25, 0.3) is 0 Å². The van der Waals surface area contributed by atoms with Gasteiger partial charge in [0.05, 0.1) is 12.7 Å². The number of benzene rings is 2. The number of hydrazine groups is 1. The minimum atomic E-state index is -0.498. The van der Waals surface area contributed by atoms with Crippen molar-refractivity contribution in [1.82, 2.24) is 5.43 Å². The summed E-state index contributed by atoms with van der Waals surface area (Å²) in [6.07, 6.45) is 0. The summed E-state index contributed by atoms with van der Waals surface area (Å²) in [6.45, 7) is 0. The first-order valence-electron chi connectivity index (χ1n) is 5.96. The van der Waals surface area contributed by atoms with Crippen LogP contribution in [0.4, 0.5) is 0 Å². The van der Waals surface area contributed by atoms with Gasteiger partial charge in [-0.3, -0.25) is 15.0 Å².